The highest BCUT2D eigenvalue weighted by molar-refractivity contribution is 7.99. The van der Waals surface area contributed by atoms with Gasteiger partial charge >= 0.3 is 0 Å². The van der Waals surface area contributed by atoms with Crippen molar-refractivity contribution < 1.29 is 13.9 Å². The Morgan fingerprint density at radius 1 is 1.16 bits per heavy atom. The number of hydrogen-bond donors (Lipinski definition) is 1. The van der Waals surface area contributed by atoms with Gasteiger partial charge in [0.2, 0.25) is 5.91 Å². The molecule has 6 nitrogen and oxygen atoms in total. The zero-order valence-corrected chi connectivity index (χ0v) is 19.9. The van der Waals surface area contributed by atoms with Crippen LogP contribution in [-0.2, 0) is 11.2 Å². The van der Waals surface area contributed by atoms with Crippen molar-refractivity contribution >= 4 is 23.4 Å². The second-order valence-corrected chi connectivity index (χ2v) is 8.76. The number of benzene rings is 2. The van der Waals surface area contributed by atoms with Crippen molar-refractivity contribution in [3.05, 3.63) is 65.2 Å². The van der Waals surface area contributed by atoms with Gasteiger partial charge in [-0.25, -0.2) is 4.39 Å². The number of nitrogens with zero attached hydrogens (tertiary/aromatic N) is 3. The number of hydrogen-bond acceptors (Lipinski definition) is 5. The zero-order chi connectivity index (χ0) is 23.3. The highest BCUT2D eigenvalue weighted by Gasteiger charge is 2.22. The third-order valence-corrected chi connectivity index (χ3v) is 5.98. The Hall–Kier alpha value is -2.87. The molecule has 1 N–H and O–H groups in total. The average Bonchev–Trinajstić information content (AvgIpc) is 3.20. The molecule has 0 radical (unpaired) electrons. The number of aryl methyl sites for hydroxylation is 2. The summed E-state index contributed by atoms with van der Waals surface area (Å²) in [5.41, 5.74) is 3.04. The first-order valence-corrected chi connectivity index (χ1v) is 11.7. The van der Waals surface area contributed by atoms with Crippen molar-refractivity contribution in [2.24, 2.45) is 0 Å². The molecule has 0 aliphatic rings. The van der Waals surface area contributed by atoms with E-state index in [-0.39, 0.29) is 23.5 Å². The van der Waals surface area contributed by atoms with Crippen LogP contribution in [0.15, 0.2) is 47.6 Å². The third kappa shape index (κ3) is 5.68. The minimum Gasteiger partial charge on any atom is -0.483 e. The minimum absolute atomic E-state index is 0.0768. The van der Waals surface area contributed by atoms with Gasteiger partial charge in [-0.2, -0.15) is 0 Å². The van der Waals surface area contributed by atoms with Gasteiger partial charge in [0.25, 0.3) is 0 Å². The zero-order valence-electron chi connectivity index (χ0n) is 19.1. The van der Waals surface area contributed by atoms with Crippen LogP contribution in [0, 0.1) is 12.7 Å². The van der Waals surface area contributed by atoms with E-state index in [2.05, 4.69) is 22.4 Å². The van der Waals surface area contributed by atoms with E-state index in [4.69, 9.17) is 4.74 Å². The number of thioether (sulfide) groups is 1. The molecule has 1 amide bonds. The Morgan fingerprint density at radius 2 is 1.88 bits per heavy atom. The van der Waals surface area contributed by atoms with Gasteiger partial charge in [-0.15, -0.1) is 10.2 Å². The maximum absolute atomic E-state index is 13.2. The summed E-state index contributed by atoms with van der Waals surface area (Å²) in [5.74, 6) is 1.02. The first-order chi connectivity index (χ1) is 15.3. The summed E-state index contributed by atoms with van der Waals surface area (Å²) in [4.78, 5) is 12.7. The molecule has 1 aromatic heterocycles. The van der Waals surface area contributed by atoms with Gasteiger partial charge in [0.05, 0.1) is 5.75 Å². The van der Waals surface area contributed by atoms with E-state index in [1.165, 1.54) is 23.9 Å². The van der Waals surface area contributed by atoms with Crippen LogP contribution >= 0.6 is 11.8 Å². The maximum atomic E-state index is 13.2. The van der Waals surface area contributed by atoms with Crippen LogP contribution in [0.2, 0.25) is 0 Å². The van der Waals surface area contributed by atoms with Crippen LogP contribution in [0.5, 0.6) is 5.75 Å². The lowest BCUT2D eigenvalue weighted by atomic mass is 10.1. The van der Waals surface area contributed by atoms with Gasteiger partial charge in [-0.05, 0) is 69.5 Å². The summed E-state index contributed by atoms with van der Waals surface area (Å²) in [6.45, 7) is 10.00. The molecule has 0 fully saturated rings. The molecule has 170 valence electrons. The number of carbonyl (C=O) groups is 1. The summed E-state index contributed by atoms with van der Waals surface area (Å²) < 4.78 is 21.0. The number of para-hydroxylation sites is 1. The van der Waals surface area contributed by atoms with Gasteiger partial charge in [0.1, 0.15) is 11.6 Å². The van der Waals surface area contributed by atoms with Crippen LogP contribution in [0.4, 0.5) is 10.1 Å². The van der Waals surface area contributed by atoms with Crippen molar-refractivity contribution in [2.45, 2.75) is 58.3 Å². The molecule has 3 aromatic rings. The Morgan fingerprint density at radius 3 is 2.53 bits per heavy atom. The van der Waals surface area contributed by atoms with Gasteiger partial charge in [-0.1, -0.05) is 36.9 Å². The summed E-state index contributed by atoms with van der Waals surface area (Å²) in [5, 5.41) is 12.3. The Balaban J connectivity index is 1.70. The van der Waals surface area contributed by atoms with Crippen molar-refractivity contribution in [2.75, 3.05) is 11.1 Å². The monoisotopic (exact) mass is 456 g/mol. The van der Waals surface area contributed by atoms with Crippen molar-refractivity contribution in [1.29, 1.82) is 0 Å². The molecule has 0 aliphatic carbocycles. The van der Waals surface area contributed by atoms with Crippen molar-refractivity contribution in [3.63, 3.8) is 0 Å². The van der Waals surface area contributed by atoms with E-state index in [1.807, 2.05) is 50.5 Å². The molecule has 8 heteroatoms. The summed E-state index contributed by atoms with van der Waals surface area (Å²) in [6, 6.07) is 12.0. The van der Waals surface area contributed by atoms with Crippen molar-refractivity contribution in [3.8, 4) is 5.75 Å². The normalized spacial score (nSPS) is 12.1. The Bertz CT molecular complexity index is 1070. The molecule has 1 atom stereocenters. The van der Waals surface area contributed by atoms with Gasteiger partial charge in [0.15, 0.2) is 17.1 Å². The molecule has 0 aliphatic heterocycles. The molecule has 0 saturated heterocycles. The molecule has 0 bridgehead atoms. The quantitative estimate of drug-likeness (QED) is 0.416. The largest absolute Gasteiger partial charge is 0.483 e. The van der Waals surface area contributed by atoms with Crippen LogP contribution in [0.1, 0.15) is 56.8 Å². The fourth-order valence-corrected chi connectivity index (χ4v) is 4.30. The van der Waals surface area contributed by atoms with Crippen LogP contribution < -0.4 is 10.1 Å². The van der Waals surface area contributed by atoms with Gasteiger partial charge in [-0.3, -0.25) is 4.79 Å². The molecular formula is C24H29FN4O2S. The fourth-order valence-electron chi connectivity index (χ4n) is 3.43. The van der Waals surface area contributed by atoms with Crippen molar-refractivity contribution in [1.82, 2.24) is 14.8 Å². The number of amides is 1. The lowest BCUT2D eigenvalue weighted by Crippen LogP contribution is -2.17. The molecule has 3 rings (SSSR count). The lowest BCUT2D eigenvalue weighted by Gasteiger charge is -2.19. The molecule has 1 unspecified atom stereocenters. The smallest absolute Gasteiger partial charge is 0.234 e. The molecular weight excluding hydrogens is 427 g/mol. The number of aromatic nitrogens is 3. The number of carbonyl (C=O) groups excluding carboxylic acids is 1. The average molecular weight is 457 g/mol. The predicted molar refractivity (Wildman–Crippen MR) is 126 cm³/mol. The number of anilines is 1. The highest BCUT2D eigenvalue weighted by Crippen LogP contribution is 2.28. The Kier molecular flexibility index (Phi) is 7.90. The molecule has 2 aromatic carbocycles. The summed E-state index contributed by atoms with van der Waals surface area (Å²) in [6.07, 6.45) is 0.458. The standard InChI is InChI=1S/C24H29FN4O2S/c1-6-18-9-7-8-16(4)22(18)26-21(30)14-32-24-28-27-23(29(24)15(2)3)17(5)31-20-12-10-19(25)11-13-20/h7-13,15,17H,6,14H2,1-5H3,(H,26,30). The van der Waals surface area contributed by atoms with E-state index in [1.54, 1.807) is 12.1 Å². The molecule has 32 heavy (non-hydrogen) atoms. The number of nitrogens with one attached hydrogen (secondary N) is 1. The predicted octanol–water partition coefficient (Wildman–Crippen LogP) is 5.74. The molecule has 0 spiro atoms. The second-order valence-electron chi connectivity index (χ2n) is 7.82. The molecule has 1 heterocycles. The molecule has 0 saturated carbocycles. The van der Waals surface area contributed by atoms with E-state index in [0.717, 1.165) is 23.2 Å². The SMILES string of the molecule is CCc1cccc(C)c1NC(=O)CSc1nnc(C(C)Oc2ccc(F)cc2)n1C(C)C. The lowest BCUT2D eigenvalue weighted by molar-refractivity contribution is -0.113. The fraction of sp³-hybridized carbons (Fsp3) is 0.375. The minimum atomic E-state index is -0.391. The summed E-state index contributed by atoms with van der Waals surface area (Å²) in [7, 11) is 0. The third-order valence-electron chi connectivity index (χ3n) is 5.03. The number of halogens is 1. The van der Waals surface area contributed by atoms with E-state index >= 15 is 0 Å². The van der Waals surface area contributed by atoms with E-state index < -0.39 is 6.10 Å². The summed E-state index contributed by atoms with van der Waals surface area (Å²) >= 11 is 1.34. The van der Waals surface area contributed by atoms with E-state index in [0.29, 0.717) is 16.7 Å². The van der Waals surface area contributed by atoms with Crippen LogP contribution in [-0.4, -0.2) is 26.4 Å². The topological polar surface area (TPSA) is 69.0 Å². The van der Waals surface area contributed by atoms with Gasteiger partial charge < -0.3 is 14.6 Å². The number of ether oxygens (including phenoxy) is 1. The van der Waals surface area contributed by atoms with Gasteiger partial charge in [0, 0.05) is 11.7 Å². The number of rotatable bonds is 9. The van der Waals surface area contributed by atoms with E-state index in [9.17, 15) is 9.18 Å². The first kappa shape index (κ1) is 23.8. The van der Waals surface area contributed by atoms with Crippen LogP contribution in [0.25, 0.3) is 0 Å². The van der Waals surface area contributed by atoms with Crippen LogP contribution in [0.3, 0.4) is 0 Å². The highest BCUT2D eigenvalue weighted by atomic mass is 32.2. The maximum Gasteiger partial charge on any atom is 0.234 e. The Labute approximate surface area is 192 Å². The second kappa shape index (κ2) is 10.6. The first-order valence-electron chi connectivity index (χ1n) is 10.7.